The van der Waals surface area contributed by atoms with Crippen LogP contribution in [0.15, 0.2) is 0 Å². The fraction of sp³-hybridized carbons (Fsp3) is 1.00. The summed E-state index contributed by atoms with van der Waals surface area (Å²) in [6, 6.07) is 0.721. The molecule has 0 saturated heterocycles. The van der Waals surface area contributed by atoms with Gasteiger partial charge in [-0.25, -0.2) is 0 Å². The molecular formula is C12H31NO6Si2. The van der Waals surface area contributed by atoms with Crippen LogP contribution in [0, 0.1) is 0 Å². The molecule has 1 N–H and O–H groups in total. The van der Waals surface area contributed by atoms with E-state index in [4.69, 9.17) is 26.6 Å². The molecule has 0 heterocycles. The van der Waals surface area contributed by atoms with Gasteiger partial charge in [0.05, 0.1) is 0 Å². The molecule has 0 aliphatic heterocycles. The predicted molar refractivity (Wildman–Crippen MR) is 84.8 cm³/mol. The number of rotatable bonds is 14. The van der Waals surface area contributed by atoms with E-state index in [0.29, 0.717) is 26.4 Å². The summed E-state index contributed by atoms with van der Waals surface area (Å²) in [6.07, 6.45) is 0.823. The summed E-state index contributed by atoms with van der Waals surface area (Å²) in [7, 11) is -0.444. The second kappa shape index (κ2) is 11.7. The Bertz CT molecular complexity index is 231. The summed E-state index contributed by atoms with van der Waals surface area (Å²) in [6.45, 7) is 8.13. The standard InChI is InChI=1S/C12H31NO6Si2/c1-7-17-21(18-8-2,19-9-3)13-11-10-12-20(14-4,15-5)16-6/h13H,7-12H2,1-6H3. The van der Waals surface area contributed by atoms with E-state index in [1.807, 2.05) is 20.8 Å². The quantitative estimate of drug-likeness (QED) is 0.378. The van der Waals surface area contributed by atoms with E-state index in [0.717, 1.165) is 12.5 Å². The maximum atomic E-state index is 5.72. The Morgan fingerprint density at radius 2 is 1.19 bits per heavy atom. The maximum Gasteiger partial charge on any atom is 0.596 e. The summed E-state index contributed by atoms with van der Waals surface area (Å²) in [5.74, 6) is 0. The maximum absolute atomic E-state index is 5.72. The Morgan fingerprint density at radius 1 is 0.762 bits per heavy atom. The normalized spacial score (nSPS) is 12.9. The van der Waals surface area contributed by atoms with Crippen molar-refractivity contribution in [1.82, 2.24) is 4.98 Å². The van der Waals surface area contributed by atoms with Crippen molar-refractivity contribution in [3.63, 3.8) is 0 Å². The van der Waals surface area contributed by atoms with E-state index < -0.39 is 17.8 Å². The lowest BCUT2D eigenvalue weighted by Gasteiger charge is -2.29. The molecule has 0 radical (unpaired) electrons. The van der Waals surface area contributed by atoms with Crippen molar-refractivity contribution in [2.75, 3.05) is 47.7 Å². The molecule has 0 fully saturated rings. The second-order valence-corrected chi connectivity index (χ2v) is 9.60. The largest absolute Gasteiger partial charge is 0.596 e. The van der Waals surface area contributed by atoms with Gasteiger partial charge in [0.25, 0.3) is 0 Å². The Balaban J connectivity index is 4.41. The fourth-order valence-corrected chi connectivity index (χ4v) is 5.85. The van der Waals surface area contributed by atoms with Crippen molar-refractivity contribution in [2.24, 2.45) is 0 Å². The van der Waals surface area contributed by atoms with Gasteiger partial charge in [0.1, 0.15) is 0 Å². The molecule has 7 nitrogen and oxygen atoms in total. The molecule has 0 aliphatic rings. The lowest BCUT2D eigenvalue weighted by Crippen LogP contribution is -2.59. The minimum atomic E-state index is -2.78. The van der Waals surface area contributed by atoms with Crippen molar-refractivity contribution < 1.29 is 26.6 Å². The topological polar surface area (TPSA) is 67.4 Å². The van der Waals surface area contributed by atoms with Gasteiger partial charge in [-0.3, -0.25) is 4.98 Å². The molecule has 0 aromatic heterocycles. The molecule has 0 bridgehead atoms. The van der Waals surface area contributed by atoms with Crippen LogP contribution in [0.4, 0.5) is 0 Å². The summed E-state index contributed by atoms with van der Waals surface area (Å²) in [4.78, 5) is 3.31. The minimum Gasteiger partial charge on any atom is -0.377 e. The molecule has 0 saturated carbocycles. The van der Waals surface area contributed by atoms with Gasteiger partial charge in [-0.1, -0.05) is 0 Å². The summed E-state index contributed by atoms with van der Waals surface area (Å²) < 4.78 is 33.4. The van der Waals surface area contributed by atoms with Crippen molar-refractivity contribution in [3.05, 3.63) is 0 Å². The highest BCUT2D eigenvalue weighted by Crippen LogP contribution is 2.15. The third-order valence-electron chi connectivity index (χ3n) is 2.94. The van der Waals surface area contributed by atoms with Gasteiger partial charge >= 0.3 is 17.8 Å². The van der Waals surface area contributed by atoms with Crippen LogP contribution in [-0.4, -0.2) is 65.5 Å². The Morgan fingerprint density at radius 3 is 1.52 bits per heavy atom. The van der Waals surface area contributed by atoms with Crippen LogP contribution >= 0.6 is 0 Å². The Hall–Kier alpha value is 0.154. The van der Waals surface area contributed by atoms with E-state index >= 15 is 0 Å². The zero-order valence-electron chi connectivity index (χ0n) is 14.2. The highest BCUT2D eigenvalue weighted by atomic mass is 28.4. The van der Waals surface area contributed by atoms with Crippen LogP contribution in [-0.2, 0) is 26.6 Å². The summed E-state index contributed by atoms with van der Waals surface area (Å²) >= 11 is 0. The van der Waals surface area contributed by atoms with Crippen LogP contribution < -0.4 is 4.98 Å². The average molecular weight is 342 g/mol. The summed E-state index contributed by atoms with van der Waals surface area (Å²) in [5, 5.41) is 0. The first kappa shape index (κ1) is 21.2. The van der Waals surface area contributed by atoms with Gasteiger partial charge in [0.15, 0.2) is 0 Å². The molecule has 0 aliphatic carbocycles. The van der Waals surface area contributed by atoms with Crippen LogP contribution in [0.3, 0.4) is 0 Å². The molecule has 0 atom stereocenters. The first-order valence-electron chi connectivity index (χ1n) is 7.39. The van der Waals surface area contributed by atoms with Gasteiger partial charge in [-0.15, -0.1) is 0 Å². The molecule has 21 heavy (non-hydrogen) atoms. The van der Waals surface area contributed by atoms with Gasteiger partial charge in [-0.05, 0) is 33.7 Å². The minimum absolute atomic E-state index is 0.548. The fourth-order valence-electron chi connectivity index (χ4n) is 1.95. The molecule has 128 valence electrons. The van der Waals surface area contributed by atoms with Crippen molar-refractivity contribution in [3.8, 4) is 0 Å². The van der Waals surface area contributed by atoms with Crippen molar-refractivity contribution in [1.29, 1.82) is 0 Å². The second-order valence-electron chi connectivity index (χ2n) is 4.18. The van der Waals surface area contributed by atoms with E-state index in [1.165, 1.54) is 0 Å². The molecule has 0 aromatic carbocycles. The van der Waals surface area contributed by atoms with Gasteiger partial charge < -0.3 is 26.6 Å². The zero-order valence-corrected chi connectivity index (χ0v) is 16.2. The summed E-state index contributed by atoms with van der Waals surface area (Å²) in [5.41, 5.74) is 0. The van der Waals surface area contributed by atoms with Gasteiger partial charge in [-0.2, -0.15) is 0 Å². The number of hydrogen-bond acceptors (Lipinski definition) is 7. The highest BCUT2D eigenvalue weighted by Gasteiger charge is 2.42. The predicted octanol–water partition coefficient (Wildman–Crippen LogP) is 1.39. The average Bonchev–Trinajstić information content (AvgIpc) is 2.49. The van der Waals surface area contributed by atoms with Crippen LogP contribution in [0.2, 0.25) is 6.04 Å². The molecule has 0 spiro atoms. The van der Waals surface area contributed by atoms with E-state index in [2.05, 4.69) is 4.98 Å². The Labute approximate surface area is 131 Å². The lowest BCUT2D eigenvalue weighted by molar-refractivity contribution is 0.0596. The SMILES string of the molecule is CCO[Si](NCCC[Si](OC)(OC)OC)(OCC)OCC. The molecule has 0 unspecified atom stereocenters. The number of hydrogen-bond donors (Lipinski definition) is 1. The smallest absolute Gasteiger partial charge is 0.377 e. The van der Waals surface area contributed by atoms with E-state index in [9.17, 15) is 0 Å². The third kappa shape index (κ3) is 7.30. The number of nitrogens with one attached hydrogen (secondary N) is 1. The molecule has 0 aromatic rings. The van der Waals surface area contributed by atoms with Crippen LogP contribution in [0.1, 0.15) is 27.2 Å². The third-order valence-corrected chi connectivity index (χ3v) is 8.46. The monoisotopic (exact) mass is 341 g/mol. The molecule has 0 amide bonds. The Kier molecular flexibility index (Phi) is 11.8. The molecular weight excluding hydrogens is 310 g/mol. The van der Waals surface area contributed by atoms with Crippen molar-refractivity contribution >= 4 is 17.8 Å². The zero-order chi connectivity index (χ0) is 16.2. The van der Waals surface area contributed by atoms with Gasteiger partial charge in [0, 0.05) is 47.2 Å². The lowest BCUT2D eigenvalue weighted by atomic mass is 10.5. The van der Waals surface area contributed by atoms with E-state index in [1.54, 1.807) is 21.3 Å². The van der Waals surface area contributed by atoms with E-state index in [-0.39, 0.29) is 0 Å². The first-order valence-corrected chi connectivity index (χ1v) is 11.1. The van der Waals surface area contributed by atoms with Crippen molar-refractivity contribution in [2.45, 2.75) is 33.2 Å². The van der Waals surface area contributed by atoms with Crippen LogP contribution in [0.5, 0.6) is 0 Å². The van der Waals surface area contributed by atoms with Crippen LogP contribution in [0.25, 0.3) is 0 Å². The molecule has 0 rings (SSSR count). The highest BCUT2D eigenvalue weighted by molar-refractivity contribution is 6.60. The first-order chi connectivity index (χ1) is 10.1. The molecule has 9 heteroatoms. The van der Waals surface area contributed by atoms with Gasteiger partial charge in [0.2, 0.25) is 0 Å².